The fourth-order valence-corrected chi connectivity index (χ4v) is 4.77. The van der Waals surface area contributed by atoms with Gasteiger partial charge in [-0.05, 0) is 25.7 Å². The SMILES string of the molecule is CCC(=O)N[C@@H]1CC[C@@]2(OC)CCN(Cc3cc(-c4ccccc4)no3)[C@H]2C1. The van der Waals surface area contributed by atoms with Crippen LogP contribution in [0.25, 0.3) is 11.3 Å². The molecular weight excluding hydrogens is 354 g/mol. The molecule has 1 aliphatic heterocycles. The summed E-state index contributed by atoms with van der Waals surface area (Å²) in [6.07, 6.45) is 4.41. The third kappa shape index (κ3) is 3.71. The highest BCUT2D eigenvalue weighted by Gasteiger charge is 2.51. The second kappa shape index (κ2) is 8.05. The summed E-state index contributed by atoms with van der Waals surface area (Å²) in [7, 11) is 1.82. The molecule has 1 amide bonds. The Balaban J connectivity index is 1.47. The summed E-state index contributed by atoms with van der Waals surface area (Å²) in [6.45, 7) is 3.58. The minimum atomic E-state index is -0.115. The van der Waals surface area contributed by atoms with Gasteiger partial charge in [-0.25, -0.2) is 0 Å². The standard InChI is InChI=1S/C22H29N3O3/c1-3-21(26)23-17-9-10-22(27-2)11-12-25(20(22)13-17)15-18-14-19(24-28-18)16-7-5-4-6-8-16/h4-8,14,17,20H,3,9-13,15H2,1-2H3,(H,23,26)/t17-,20+,22-/m1/s1. The summed E-state index contributed by atoms with van der Waals surface area (Å²) in [5.74, 6) is 0.993. The molecule has 1 aromatic carbocycles. The highest BCUT2D eigenvalue weighted by atomic mass is 16.5. The Bertz CT molecular complexity index is 806. The Labute approximate surface area is 166 Å². The molecule has 28 heavy (non-hydrogen) atoms. The van der Waals surface area contributed by atoms with Gasteiger partial charge in [-0.3, -0.25) is 9.69 Å². The van der Waals surface area contributed by atoms with E-state index >= 15 is 0 Å². The smallest absolute Gasteiger partial charge is 0.219 e. The molecule has 4 rings (SSSR count). The van der Waals surface area contributed by atoms with Gasteiger partial charge < -0.3 is 14.6 Å². The quantitative estimate of drug-likeness (QED) is 0.828. The van der Waals surface area contributed by atoms with E-state index in [2.05, 4.69) is 15.4 Å². The number of hydrogen-bond acceptors (Lipinski definition) is 5. The van der Waals surface area contributed by atoms with Gasteiger partial charge in [0.2, 0.25) is 5.91 Å². The van der Waals surface area contributed by atoms with Crippen LogP contribution in [0, 0.1) is 0 Å². The summed E-state index contributed by atoms with van der Waals surface area (Å²) < 4.78 is 11.7. The number of benzene rings is 1. The number of likely N-dealkylation sites (tertiary alicyclic amines) is 1. The zero-order valence-corrected chi connectivity index (χ0v) is 16.7. The first-order valence-corrected chi connectivity index (χ1v) is 10.2. The maximum Gasteiger partial charge on any atom is 0.219 e. The first kappa shape index (κ1) is 19.2. The molecule has 1 aromatic heterocycles. The molecule has 0 radical (unpaired) electrons. The molecule has 1 saturated carbocycles. The van der Waals surface area contributed by atoms with E-state index in [1.807, 2.05) is 50.4 Å². The number of fused-ring (bicyclic) bond motifs is 1. The lowest BCUT2D eigenvalue weighted by molar-refractivity contribution is -0.123. The Morgan fingerprint density at radius 1 is 1.36 bits per heavy atom. The molecule has 6 nitrogen and oxygen atoms in total. The maximum atomic E-state index is 11.9. The molecular formula is C22H29N3O3. The number of carbonyl (C=O) groups is 1. The van der Waals surface area contributed by atoms with Gasteiger partial charge in [-0.1, -0.05) is 42.4 Å². The van der Waals surface area contributed by atoms with E-state index in [-0.39, 0.29) is 23.6 Å². The Morgan fingerprint density at radius 3 is 2.93 bits per heavy atom. The maximum absolute atomic E-state index is 11.9. The van der Waals surface area contributed by atoms with E-state index in [1.165, 1.54) is 0 Å². The fraction of sp³-hybridized carbons (Fsp3) is 0.545. The lowest BCUT2D eigenvalue weighted by Crippen LogP contribution is -2.54. The number of methoxy groups -OCH3 is 1. The molecule has 150 valence electrons. The van der Waals surface area contributed by atoms with E-state index in [0.29, 0.717) is 13.0 Å². The van der Waals surface area contributed by atoms with Gasteiger partial charge in [0.25, 0.3) is 0 Å². The van der Waals surface area contributed by atoms with Crippen molar-refractivity contribution in [3.63, 3.8) is 0 Å². The number of carbonyl (C=O) groups excluding carboxylic acids is 1. The van der Waals surface area contributed by atoms with E-state index in [9.17, 15) is 4.79 Å². The molecule has 0 spiro atoms. The van der Waals surface area contributed by atoms with Gasteiger partial charge >= 0.3 is 0 Å². The highest BCUT2D eigenvalue weighted by molar-refractivity contribution is 5.75. The minimum Gasteiger partial charge on any atom is -0.377 e. The van der Waals surface area contributed by atoms with Crippen LogP contribution < -0.4 is 5.32 Å². The number of hydrogen-bond donors (Lipinski definition) is 1. The van der Waals surface area contributed by atoms with Crippen LogP contribution in [0.4, 0.5) is 0 Å². The first-order valence-electron chi connectivity index (χ1n) is 10.2. The Kier molecular flexibility index (Phi) is 5.51. The van der Waals surface area contributed by atoms with Crippen molar-refractivity contribution < 1.29 is 14.1 Å². The predicted molar refractivity (Wildman–Crippen MR) is 107 cm³/mol. The second-order valence-corrected chi connectivity index (χ2v) is 7.94. The molecule has 2 aromatic rings. The molecule has 2 fully saturated rings. The van der Waals surface area contributed by atoms with E-state index in [4.69, 9.17) is 9.26 Å². The summed E-state index contributed by atoms with van der Waals surface area (Å²) in [5, 5.41) is 7.42. The largest absolute Gasteiger partial charge is 0.377 e. The third-order valence-corrected chi connectivity index (χ3v) is 6.37. The van der Waals surface area contributed by atoms with Gasteiger partial charge in [0.15, 0.2) is 5.76 Å². The van der Waals surface area contributed by atoms with Crippen LogP contribution in [0.5, 0.6) is 0 Å². The zero-order valence-electron chi connectivity index (χ0n) is 16.7. The van der Waals surface area contributed by atoms with Crippen LogP contribution in [-0.2, 0) is 16.1 Å². The van der Waals surface area contributed by atoms with Crippen molar-refractivity contribution in [2.45, 2.75) is 63.3 Å². The monoisotopic (exact) mass is 383 g/mol. The second-order valence-electron chi connectivity index (χ2n) is 7.94. The zero-order chi connectivity index (χ0) is 19.6. The molecule has 1 aliphatic carbocycles. The van der Waals surface area contributed by atoms with Crippen LogP contribution in [0.2, 0.25) is 0 Å². The summed E-state index contributed by atoms with van der Waals surface area (Å²) in [6, 6.07) is 12.6. The van der Waals surface area contributed by atoms with Crippen molar-refractivity contribution in [1.29, 1.82) is 0 Å². The van der Waals surface area contributed by atoms with E-state index in [0.717, 1.165) is 49.2 Å². The molecule has 1 N–H and O–H groups in total. The molecule has 0 bridgehead atoms. The number of rotatable bonds is 6. The van der Waals surface area contributed by atoms with Crippen LogP contribution in [0.3, 0.4) is 0 Å². The molecule has 3 atom stereocenters. The van der Waals surface area contributed by atoms with Crippen molar-refractivity contribution in [3.8, 4) is 11.3 Å². The van der Waals surface area contributed by atoms with Crippen molar-refractivity contribution >= 4 is 5.91 Å². The number of aromatic nitrogens is 1. The van der Waals surface area contributed by atoms with Crippen molar-refractivity contribution in [2.75, 3.05) is 13.7 Å². The molecule has 6 heteroatoms. The van der Waals surface area contributed by atoms with Crippen LogP contribution in [0.1, 0.15) is 44.8 Å². The van der Waals surface area contributed by atoms with Gasteiger partial charge in [-0.2, -0.15) is 0 Å². The molecule has 1 saturated heterocycles. The Hall–Kier alpha value is -2.18. The average molecular weight is 383 g/mol. The summed E-state index contributed by atoms with van der Waals surface area (Å²) in [4.78, 5) is 14.3. The number of nitrogens with one attached hydrogen (secondary N) is 1. The van der Waals surface area contributed by atoms with Gasteiger partial charge in [-0.15, -0.1) is 0 Å². The molecule has 2 heterocycles. The normalized spacial score (nSPS) is 27.5. The predicted octanol–water partition coefficient (Wildman–Crippen LogP) is 3.38. The average Bonchev–Trinajstić information content (AvgIpc) is 3.34. The summed E-state index contributed by atoms with van der Waals surface area (Å²) in [5.41, 5.74) is 1.81. The number of amides is 1. The van der Waals surface area contributed by atoms with Gasteiger partial charge in [0, 0.05) is 43.8 Å². The Morgan fingerprint density at radius 2 is 2.18 bits per heavy atom. The topological polar surface area (TPSA) is 67.6 Å². The number of nitrogens with zero attached hydrogens (tertiary/aromatic N) is 2. The highest BCUT2D eigenvalue weighted by Crippen LogP contribution is 2.43. The third-order valence-electron chi connectivity index (χ3n) is 6.37. The first-order chi connectivity index (χ1) is 13.6. The van der Waals surface area contributed by atoms with Crippen LogP contribution in [-0.4, -0.2) is 47.3 Å². The fourth-order valence-electron chi connectivity index (χ4n) is 4.77. The minimum absolute atomic E-state index is 0.115. The van der Waals surface area contributed by atoms with E-state index < -0.39 is 0 Å². The van der Waals surface area contributed by atoms with Crippen LogP contribution in [0.15, 0.2) is 40.9 Å². The van der Waals surface area contributed by atoms with Crippen molar-refractivity contribution in [3.05, 3.63) is 42.2 Å². The lowest BCUT2D eigenvalue weighted by Gasteiger charge is -2.43. The lowest BCUT2D eigenvalue weighted by atomic mass is 9.78. The van der Waals surface area contributed by atoms with Crippen molar-refractivity contribution in [2.24, 2.45) is 0 Å². The molecule has 0 unspecified atom stereocenters. The van der Waals surface area contributed by atoms with Crippen LogP contribution >= 0.6 is 0 Å². The van der Waals surface area contributed by atoms with Crippen molar-refractivity contribution in [1.82, 2.24) is 15.4 Å². The van der Waals surface area contributed by atoms with E-state index in [1.54, 1.807) is 0 Å². The van der Waals surface area contributed by atoms with Gasteiger partial charge in [0.05, 0.1) is 12.1 Å². The summed E-state index contributed by atoms with van der Waals surface area (Å²) >= 11 is 0. The number of ether oxygens (including phenoxy) is 1. The van der Waals surface area contributed by atoms with Gasteiger partial charge in [0.1, 0.15) is 5.69 Å². The molecule has 2 aliphatic rings.